The first-order valence-electron chi connectivity index (χ1n) is 24.9. The van der Waals surface area contributed by atoms with Crippen LogP contribution >= 0.6 is 0 Å². The Balaban J connectivity index is 1.11. The van der Waals surface area contributed by atoms with E-state index in [4.69, 9.17) is 33.2 Å². The van der Waals surface area contributed by atoms with Crippen molar-refractivity contribution in [1.29, 1.82) is 0 Å². The van der Waals surface area contributed by atoms with E-state index in [2.05, 4.69) is 54.5 Å². The summed E-state index contributed by atoms with van der Waals surface area (Å²) in [6.07, 6.45) is -18.6. The van der Waals surface area contributed by atoms with Gasteiger partial charge in [0.2, 0.25) is 0 Å². The number of rotatable bonds is 11. The van der Waals surface area contributed by atoms with Crippen molar-refractivity contribution in [2.75, 3.05) is 33.5 Å². The van der Waals surface area contributed by atoms with Crippen LogP contribution < -0.4 is 0 Å². The first-order valence-corrected chi connectivity index (χ1v) is 24.9. The number of hydrogen-bond acceptors (Lipinski definition) is 19. The van der Waals surface area contributed by atoms with Crippen LogP contribution in [0.25, 0.3) is 0 Å². The lowest BCUT2D eigenvalue weighted by molar-refractivity contribution is -0.394. The molecule has 3 saturated heterocycles. The van der Waals surface area contributed by atoms with Crippen LogP contribution in [0.5, 0.6) is 0 Å². The van der Waals surface area contributed by atoms with Crippen molar-refractivity contribution < 1.29 is 94.4 Å². The summed E-state index contributed by atoms with van der Waals surface area (Å²) in [4.78, 5) is 0. The van der Waals surface area contributed by atoms with Crippen LogP contribution in [0.3, 0.4) is 0 Å². The Labute approximate surface area is 399 Å². The maximum atomic E-state index is 12.1. The summed E-state index contributed by atoms with van der Waals surface area (Å²) in [6, 6.07) is 0. The molecule has 0 radical (unpaired) electrons. The van der Waals surface area contributed by atoms with E-state index in [1.807, 2.05) is 0 Å². The maximum Gasteiger partial charge on any atom is 0.187 e. The van der Waals surface area contributed by atoms with E-state index in [0.29, 0.717) is 6.42 Å². The van der Waals surface area contributed by atoms with Crippen molar-refractivity contribution in [3.05, 3.63) is 11.6 Å². The molecule has 8 rings (SSSR count). The normalized spacial score (nSPS) is 54.4. The Morgan fingerprint density at radius 3 is 1.72 bits per heavy atom. The lowest BCUT2D eigenvalue weighted by atomic mass is 9.32. The molecule has 0 amide bonds. The highest BCUT2D eigenvalue weighted by atomic mass is 16.8. The van der Waals surface area contributed by atoms with E-state index in [-0.39, 0.29) is 46.7 Å². The second kappa shape index (κ2) is 19.0. The topological polar surface area (TPSA) is 307 Å². The fourth-order valence-corrected chi connectivity index (χ4v) is 15.2. The largest absolute Gasteiger partial charge is 0.394 e. The van der Waals surface area contributed by atoms with Gasteiger partial charge in [-0.2, -0.15) is 0 Å². The van der Waals surface area contributed by atoms with Crippen molar-refractivity contribution >= 4 is 0 Å². The van der Waals surface area contributed by atoms with E-state index >= 15 is 0 Å². The summed E-state index contributed by atoms with van der Waals surface area (Å²) in [5.74, 6) is 0.00561. The zero-order chi connectivity index (χ0) is 49.8. The second-order valence-corrected chi connectivity index (χ2v) is 24.0. The van der Waals surface area contributed by atoms with Gasteiger partial charge in [-0.1, -0.05) is 60.1 Å². The molecule has 0 aromatic carbocycles. The van der Waals surface area contributed by atoms with E-state index < -0.39 is 140 Å². The zero-order valence-corrected chi connectivity index (χ0v) is 40.9. The second-order valence-electron chi connectivity index (χ2n) is 24.0. The first-order chi connectivity index (χ1) is 31.8. The number of ether oxygens (including phenoxy) is 7. The Kier molecular flexibility index (Phi) is 14.9. The van der Waals surface area contributed by atoms with Gasteiger partial charge in [0, 0.05) is 30.3 Å². The van der Waals surface area contributed by atoms with Crippen LogP contribution in [0.1, 0.15) is 99.8 Å². The number of aliphatic hydroxyl groups is 12. The van der Waals surface area contributed by atoms with Crippen molar-refractivity contribution in [3.63, 3.8) is 0 Å². The molecule has 19 heteroatoms. The highest BCUT2D eigenvalue weighted by Crippen LogP contribution is 2.76. The SMILES string of the molecule is CO[C@@H]1C=C2[C@@H]3CC(C)(C)CC[C@]3(CO[C@@H]3O[C@H](CO)[C@@H](O)[C@H](O)[C@H]3O[C@@H]3O[C@H](CO)[C@@H](O)[C@H](O)[C@H]3O[C@@H]3O[C@H](CO)[C@@H](O)[C@H](O)[C@H]3O)CC[C@@]2(C)[C@]2(C)CC[C@H]3C(C)(C)[C@@H](O)C[C@@H](O)[C@]3(C)[C@@H]12. The Bertz CT molecular complexity index is 1800. The Morgan fingerprint density at radius 2 is 1.13 bits per heavy atom. The van der Waals surface area contributed by atoms with Crippen molar-refractivity contribution in [2.24, 2.45) is 50.2 Å². The van der Waals surface area contributed by atoms with E-state index in [9.17, 15) is 61.3 Å². The third-order valence-corrected chi connectivity index (χ3v) is 19.7. The third-order valence-electron chi connectivity index (χ3n) is 19.7. The van der Waals surface area contributed by atoms with Crippen LogP contribution in [-0.4, -0.2) is 205 Å². The van der Waals surface area contributed by atoms with Crippen molar-refractivity contribution in [3.8, 4) is 0 Å². The summed E-state index contributed by atoms with van der Waals surface area (Å²) in [5, 5.41) is 131. The number of hydrogen-bond donors (Lipinski definition) is 12. The molecule has 4 saturated carbocycles. The van der Waals surface area contributed by atoms with Gasteiger partial charge in [0.1, 0.15) is 73.2 Å². The number of methoxy groups -OCH3 is 1. The number of aliphatic hydroxyl groups excluding tert-OH is 12. The zero-order valence-electron chi connectivity index (χ0n) is 40.9. The molecule has 25 atom stereocenters. The van der Waals surface area contributed by atoms with Gasteiger partial charge in [0.25, 0.3) is 0 Å². The van der Waals surface area contributed by atoms with E-state index in [1.54, 1.807) is 7.11 Å². The lowest BCUT2D eigenvalue weighted by Gasteiger charge is -2.73. The monoisotopic (exact) mass is 975 g/mol. The minimum atomic E-state index is -1.92. The molecule has 8 aliphatic rings. The minimum absolute atomic E-state index is 0.00690. The Morgan fingerprint density at radius 1 is 0.603 bits per heavy atom. The van der Waals surface area contributed by atoms with Crippen LogP contribution in [0, 0.1) is 50.2 Å². The lowest BCUT2D eigenvalue weighted by Crippen LogP contribution is -2.71. The van der Waals surface area contributed by atoms with E-state index in [1.165, 1.54) is 5.57 Å². The van der Waals surface area contributed by atoms with Crippen LogP contribution in [0.2, 0.25) is 0 Å². The van der Waals surface area contributed by atoms with Gasteiger partial charge in [0.05, 0.1) is 44.7 Å². The average molecular weight is 975 g/mol. The van der Waals surface area contributed by atoms with Gasteiger partial charge in [-0.05, 0) is 78.4 Å². The number of allylic oxidation sites excluding steroid dienone is 1. The molecule has 5 aliphatic carbocycles. The fourth-order valence-electron chi connectivity index (χ4n) is 15.2. The van der Waals surface area contributed by atoms with Crippen LogP contribution in [-0.2, 0) is 33.2 Å². The smallest absolute Gasteiger partial charge is 0.187 e. The van der Waals surface area contributed by atoms with Gasteiger partial charge in [-0.15, -0.1) is 0 Å². The van der Waals surface area contributed by atoms with Gasteiger partial charge in [0.15, 0.2) is 18.9 Å². The molecule has 3 heterocycles. The van der Waals surface area contributed by atoms with Gasteiger partial charge in [-0.3, -0.25) is 0 Å². The van der Waals surface area contributed by atoms with Crippen LogP contribution in [0.4, 0.5) is 0 Å². The minimum Gasteiger partial charge on any atom is -0.394 e. The van der Waals surface area contributed by atoms with Crippen molar-refractivity contribution in [2.45, 2.75) is 210 Å². The molecular weight excluding hydrogens is 893 g/mol. The number of fused-ring (bicyclic) bond motifs is 7. The molecule has 0 bridgehead atoms. The molecule has 68 heavy (non-hydrogen) atoms. The summed E-state index contributed by atoms with van der Waals surface area (Å²) in [7, 11) is 1.74. The molecule has 3 aliphatic heterocycles. The highest BCUT2D eigenvalue weighted by Gasteiger charge is 2.72. The molecule has 0 spiro atoms. The summed E-state index contributed by atoms with van der Waals surface area (Å²) in [5.41, 5.74) is -0.772. The molecule has 19 nitrogen and oxygen atoms in total. The first kappa shape index (κ1) is 53.3. The molecule has 0 aromatic heterocycles. The molecular formula is C49H82O19. The summed E-state index contributed by atoms with van der Waals surface area (Å²) in [6.45, 7) is 13.6. The molecule has 0 aromatic rings. The standard InChI is InChI=1S/C49H82O19/c1-44(2)11-13-49(14-12-46(5)22(23(49)17-44)15-24(62-8)40-47(46,6)10-9-28-45(3,4)29(53)16-30(54)48(28,40)7)21-63-42-38(35(59)32(56)26(19-51)65-42)68-43-39(36(60)33(57)27(20-52)66-43)67-41-37(61)34(58)31(55)25(18-50)64-41/h15,23-43,50-61H,9-14,16-21H2,1-8H3/t23-,24+,25+,26+,27+,28-,29-,30+,31+,32+,33+,34-,35-,36-,37+,38+,39+,40-,41-,42+,43-,46+,47+,48+,49+/m0/s1. The van der Waals surface area contributed by atoms with Crippen molar-refractivity contribution in [1.82, 2.24) is 0 Å². The third kappa shape index (κ3) is 8.30. The van der Waals surface area contributed by atoms with Gasteiger partial charge >= 0.3 is 0 Å². The summed E-state index contributed by atoms with van der Waals surface area (Å²) < 4.78 is 43.1. The Hall–Kier alpha value is -1.02. The molecule has 0 unspecified atom stereocenters. The highest BCUT2D eigenvalue weighted by molar-refractivity contribution is 5.36. The fraction of sp³-hybridized carbons (Fsp3) is 0.959. The average Bonchev–Trinajstić information content (AvgIpc) is 3.29. The van der Waals surface area contributed by atoms with E-state index in [0.717, 1.165) is 44.9 Å². The molecule has 7 fully saturated rings. The summed E-state index contributed by atoms with van der Waals surface area (Å²) >= 11 is 0. The predicted octanol–water partition coefficient (Wildman–Crippen LogP) is -0.790. The quantitative estimate of drug-likeness (QED) is 0.113. The molecule has 12 N–H and O–H groups in total. The van der Waals surface area contributed by atoms with Gasteiger partial charge in [-0.25, -0.2) is 0 Å². The predicted molar refractivity (Wildman–Crippen MR) is 238 cm³/mol. The van der Waals surface area contributed by atoms with Crippen LogP contribution in [0.15, 0.2) is 11.6 Å². The molecule has 392 valence electrons. The maximum absolute atomic E-state index is 12.1. The van der Waals surface area contributed by atoms with Gasteiger partial charge < -0.3 is 94.4 Å².